The summed E-state index contributed by atoms with van der Waals surface area (Å²) in [6, 6.07) is 14.0. The Labute approximate surface area is 174 Å². The van der Waals surface area contributed by atoms with Crippen LogP contribution < -0.4 is 19.7 Å². The van der Waals surface area contributed by atoms with Gasteiger partial charge in [0, 0.05) is 0 Å². The monoisotopic (exact) mass is 406 g/mol. The summed E-state index contributed by atoms with van der Waals surface area (Å²) >= 11 is 5.19. The zero-order valence-corrected chi connectivity index (χ0v) is 16.5. The van der Waals surface area contributed by atoms with E-state index >= 15 is 0 Å². The molecular formula is C22H18N2O4S. The predicted molar refractivity (Wildman–Crippen MR) is 115 cm³/mol. The summed E-state index contributed by atoms with van der Waals surface area (Å²) < 4.78 is 11.0. The van der Waals surface area contributed by atoms with Crippen LogP contribution in [-0.4, -0.2) is 30.1 Å². The van der Waals surface area contributed by atoms with Crippen LogP contribution in [-0.2, 0) is 9.59 Å². The first-order chi connectivity index (χ1) is 14.0. The summed E-state index contributed by atoms with van der Waals surface area (Å²) in [5.74, 6) is 2.29. The summed E-state index contributed by atoms with van der Waals surface area (Å²) in [5, 5.41) is 2.60. The number of nitrogens with one attached hydrogen (secondary N) is 1. The molecule has 0 atom stereocenters. The van der Waals surface area contributed by atoms with Gasteiger partial charge in [-0.15, -0.1) is 6.42 Å². The van der Waals surface area contributed by atoms with E-state index in [0.29, 0.717) is 29.4 Å². The molecule has 1 aliphatic heterocycles. The molecule has 2 aromatic rings. The number of ether oxygens (including phenoxy) is 2. The highest BCUT2D eigenvalue weighted by Crippen LogP contribution is 2.30. The van der Waals surface area contributed by atoms with Crippen molar-refractivity contribution in [3.63, 3.8) is 0 Å². The first-order valence-electron chi connectivity index (χ1n) is 8.84. The van der Waals surface area contributed by atoms with Crippen molar-refractivity contribution in [3.8, 4) is 23.8 Å². The van der Waals surface area contributed by atoms with Crippen molar-refractivity contribution in [1.82, 2.24) is 5.32 Å². The molecule has 2 aromatic carbocycles. The lowest BCUT2D eigenvalue weighted by Gasteiger charge is -2.28. The van der Waals surface area contributed by atoms with Crippen molar-refractivity contribution in [3.05, 3.63) is 59.7 Å². The minimum absolute atomic E-state index is 0.0383. The molecule has 1 N–H and O–H groups in total. The second-order valence-electron chi connectivity index (χ2n) is 5.93. The van der Waals surface area contributed by atoms with Gasteiger partial charge in [-0.1, -0.05) is 30.2 Å². The number of carbonyl (C=O) groups is 2. The smallest absolute Gasteiger partial charge is 0.270 e. The zero-order chi connectivity index (χ0) is 20.8. The molecule has 0 radical (unpaired) electrons. The van der Waals surface area contributed by atoms with Crippen LogP contribution in [0.5, 0.6) is 11.5 Å². The third kappa shape index (κ3) is 4.45. The van der Waals surface area contributed by atoms with E-state index in [1.165, 1.54) is 11.0 Å². The van der Waals surface area contributed by atoms with Gasteiger partial charge < -0.3 is 9.47 Å². The highest BCUT2D eigenvalue weighted by molar-refractivity contribution is 7.80. The molecule has 29 heavy (non-hydrogen) atoms. The first kappa shape index (κ1) is 20.1. The summed E-state index contributed by atoms with van der Waals surface area (Å²) in [5.41, 5.74) is 1.13. The fourth-order valence-corrected chi connectivity index (χ4v) is 3.04. The third-order valence-electron chi connectivity index (χ3n) is 4.01. The Kier molecular flexibility index (Phi) is 6.27. The van der Waals surface area contributed by atoms with Crippen LogP contribution in [0.4, 0.5) is 5.69 Å². The average molecular weight is 406 g/mol. The van der Waals surface area contributed by atoms with Gasteiger partial charge in [0.15, 0.2) is 16.6 Å². The van der Waals surface area contributed by atoms with Crippen molar-refractivity contribution in [2.45, 2.75) is 6.92 Å². The number of nitrogens with zero attached hydrogens (tertiary/aromatic N) is 1. The summed E-state index contributed by atoms with van der Waals surface area (Å²) in [7, 11) is 0. The summed E-state index contributed by atoms with van der Waals surface area (Å²) in [4.78, 5) is 26.7. The van der Waals surface area contributed by atoms with Gasteiger partial charge in [-0.2, -0.15) is 0 Å². The Morgan fingerprint density at radius 3 is 2.59 bits per heavy atom. The molecule has 6 nitrogen and oxygen atoms in total. The van der Waals surface area contributed by atoms with Crippen LogP contribution in [0.2, 0.25) is 0 Å². The summed E-state index contributed by atoms with van der Waals surface area (Å²) in [6.45, 7) is 2.36. The molecule has 0 unspecified atom stereocenters. The fourth-order valence-electron chi connectivity index (χ4n) is 2.76. The number of benzene rings is 2. The van der Waals surface area contributed by atoms with Crippen LogP contribution in [0.15, 0.2) is 54.1 Å². The van der Waals surface area contributed by atoms with Gasteiger partial charge in [-0.3, -0.25) is 19.8 Å². The molecule has 2 amide bonds. The summed E-state index contributed by atoms with van der Waals surface area (Å²) in [6.07, 6.45) is 6.72. The second-order valence-corrected chi connectivity index (χ2v) is 6.31. The molecule has 1 fully saturated rings. The molecule has 0 aromatic heterocycles. The van der Waals surface area contributed by atoms with Crippen molar-refractivity contribution >= 4 is 40.9 Å². The van der Waals surface area contributed by atoms with Crippen LogP contribution in [0, 0.1) is 12.3 Å². The van der Waals surface area contributed by atoms with Crippen molar-refractivity contribution in [2.75, 3.05) is 18.1 Å². The van der Waals surface area contributed by atoms with E-state index in [-0.39, 0.29) is 17.3 Å². The van der Waals surface area contributed by atoms with E-state index in [9.17, 15) is 9.59 Å². The van der Waals surface area contributed by atoms with Gasteiger partial charge in [0.05, 0.1) is 12.3 Å². The molecule has 146 valence electrons. The SMILES string of the molecule is C#CCOc1ccc(/C=C2/C(=O)NC(=S)N(c3ccccc3)C2=O)cc1OCC. The number of para-hydroxylation sites is 1. The second kappa shape index (κ2) is 9.04. The topological polar surface area (TPSA) is 67.9 Å². The fraction of sp³-hybridized carbons (Fsp3) is 0.136. The van der Waals surface area contributed by atoms with E-state index < -0.39 is 11.8 Å². The standard InChI is InChI=1S/C22H18N2O4S/c1-3-12-28-18-11-10-15(14-19(18)27-4-2)13-17-20(25)23-22(29)24(21(17)26)16-8-6-5-7-9-16/h1,5-11,13-14H,4,12H2,2H3,(H,23,25,29)/b17-13-. The number of amides is 2. The van der Waals surface area contributed by atoms with E-state index in [4.69, 9.17) is 28.1 Å². The van der Waals surface area contributed by atoms with E-state index in [0.717, 1.165) is 0 Å². The van der Waals surface area contributed by atoms with Crippen LogP contribution in [0.3, 0.4) is 0 Å². The normalized spacial score (nSPS) is 15.1. The van der Waals surface area contributed by atoms with Gasteiger partial charge >= 0.3 is 0 Å². The van der Waals surface area contributed by atoms with Crippen LogP contribution in [0.25, 0.3) is 6.08 Å². The molecule has 0 saturated carbocycles. The minimum atomic E-state index is -0.558. The van der Waals surface area contributed by atoms with Gasteiger partial charge in [-0.25, -0.2) is 0 Å². The number of rotatable bonds is 6. The van der Waals surface area contributed by atoms with E-state index in [1.54, 1.807) is 42.5 Å². The number of terminal acetylenes is 1. The van der Waals surface area contributed by atoms with Gasteiger partial charge in [0.2, 0.25) is 0 Å². The number of carbonyl (C=O) groups excluding carboxylic acids is 2. The molecule has 1 saturated heterocycles. The first-order valence-corrected chi connectivity index (χ1v) is 9.25. The Balaban J connectivity index is 1.96. The molecule has 7 heteroatoms. The number of hydrogen-bond acceptors (Lipinski definition) is 5. The Hall–Kier alpha value is -3.63. The molecule has 3 rings (SSSR count). The lowest BCUT2D eigenvalue weighted by atomic mass is 10.1. The van der Waals surface area contributed by atoms with E-state index in [2.05, 4.69) is 11.2 Å². The minimum Gasteiger partial charge on any atom is -0.490 e. The molecule has 1 aliphatic rings. The zero-order valence-electron chi connectivity index (χ0n) is 15.7. The van der Waals surface area contributed by atoms with Gasteiger partial charge in [-0.05, 0) is 55.0 Å². The van der Waals surface area contributed by atoms with Crippen molar-refractivity contribution < 1.29 is 19.1 Å². The number of hydrogen-bond donors (Lipinski definition) is 1. The Morgan fingerprint density at radius 1 is 1.14 bits per heavy atom. The highest BCUT2D eigenvalue weighted by Gasteiger charge is 2.34. The molecule has 0 aliphatic carbocycles. The maximum Gasteiger partial charge on any atom is 0.270 e. The maximum atomic E-state index is 13.0. The lowest BCUT2D eigenvalue weighted by Crippen LogP contribution is -2.54. The van der Waals surface area contributed by atoms with Gasteiger partial charge in [0.25, 0.3) is 11.8 Å². The molecular weight excluding hydrogens is 388 g/mol. The Morgan fingerprint density at radius 2 is 1.90 bits per heavy atom. The maximum absolute atomic E-state index is 13.0. The molecule has 0 spiro atoms. The quantitative estimate of drug-likeness (QED) is 0.346. The Bertz CT molecular complexity index is 1020. The van der Waals surface area contributed by atoms with Crippen molar-refractivity contribution in [2.24, 2.45) is 0 Å². The number of anilines is 1. The largest absolute Gasteiger partial charge is 0.490 e. The third-order valence-corrected chi connectivity index (χ3v) is 4.29. The highest BCUT2D eigenvalue weighted by atomic mass is 32.1. The van der Waals surface area contributed by atoms with Crippen molar-refractivity contribution in [1.29, 1.82) is 0 Å². The lowest BCUT2D eigenvalue weighted by molar-refractivity contribution is -0.122. The van der Waals surface area contributed by atoms with Crippen LogP contribution in [0.1, 0.15) is 12.5 Å². The van der Waals surface area contributed by atoms with E-state index in [1.807, 2.05) is 13.0 Å². The van der Waals surface area contributed by atoms with Crippen LogP contribution >= 0.6 is 12.2 Å². The molecule has 1 heterocycles. The number of thiocarbonyl (C=S) groups is 1. The average Bonchev–Trinajstić information content (AvgIpc) is 2.71. The predicted octanol–water partition coefficient (Wildman–Crippen LogP) is 2.93. The molecule has 0 bridgehead atoms. The van der Waals surface area contributed by atoms with Gasteiger partial charge in [0.1, 0.15) is 12.2 Å².